The van der Waals surface area contributed by atoms with Crippen molar-refractivity contribution < 1.29 is 8.42 Å². The van der Waals surface area contributed by atoms with Crippen LogP contribution in [0.15, 0.2) is 23.1 Å². The lowest BCUT2D eigenvalue weighted by Crippen LogP contribution is -2.35. The second-order valence-corrected chi connectivity index (χ2v) is 6.94. The van der Waals surface area contributed by atoms with E-state index in [0.717, 1.165) is 19.6 Å². The highest BCUT2D eigenvalue weighted by Gasteiger charge is 2.18. The van der Waals surface area contributed by atoms with Crippen LogP contribution in [0.4, 0.5) is 11.4 Å². The van der Waals surface area contributed by atoms with Crippen LogP contribution < -0.4 is 16.2 Å². The minimum Gasteiger partial charge on any atom is -0.396 e. The van der Waals surface area contributed by atoms with Gasteiger partial charge in [0.1, 0.15) is 4.90 Å². The number of primary sulfonamides is 1. The van der Waals surface area contributed by atoms with Gasteiger partial charge < -0.3 is 16.0 Å². The number of anilines is 2. The van der Waals surface area contributed by atoms with Crippen LogP contribution in [0.1, 0.15) is 12.8 Å². The number of nitrogens with zero attached hydrogens (tertiary/aromatic N) is 1. The zero-order valence-corrected chi connectivity index (χ0v) is 12.5. The fraction of sp³-hybridized carbons (Fsp3) is 0.538. The fourth-order valence-corrected chi connectivity index (χ4v) is 3.33. The van der Waals surface area contributed by atoms with Gasteiger partial charge >= 0.3 is 0 Å². The number of hydrogen-bond acceptors (Lipinski definition) is 5. The average molecular weight is 298 g/mol. The quantitative estimate of drug-likeness (QED) is 0.709. The van der Waals surface area contributed by atoms with E-state index in [0.29, 0.717) is 11.6 Å². The number of nitrogen functional groups attached to an aromatic ring is 1. The molecule has 1 aliphatic rings. The van der Waals surface area contributed by atoms with E-state index >= 15 is 0 Å². The third kappa shape index (κ3) is 3.62. The van der Waals surface area contributed by atoms with Gasteiger partial charge in [-0.15, -0.1) is 0 Å². The number of piperidine rings is 1. The van der Waals surface area contributed by atoms with Crippen molar-refractivity contribution >= 4 is 21.4 Å². The SMILES string of the molecule is CN1CCCC(CNc2cccc(S(N)(=O)=O)c2N)C1. The lowest BCUT2D eigenvalue weighted by molar-refractivity contribution is 0.217. The second-order valence-electron chi connectivity index (χ2n) is 5.41. The first-order valence-corrected chi connectivity index (χ1v) is 8.26. The molecule has 1 heterocycles. The van der Waals surface area contributed by atoms with Crippen LogP contribution in [-0.2, 0) is 10.0 Å². The molecular formula is C13H22N4O2S. The van der Waals surface area contributed by atoms with Crippen molar-refractivity contribution in [3.63, 3.8) is 0 Å². The largest absolute Gasteiger partial charge is 0.396 e. The normalized spacial score (nSPS) is 20.8. The predicted octanol–water partition coefficient (Wildman–Crippen LogP) is 0.670. The first-order chi connectivity index (χ1) is 9.38. The van der Waals surface area contributed by atoms with Crippen molar-refractivity contribution in [1.82, 2.24) is 4.90 Å². The van der Waals surface area contributed by atoms with E-state index in [-0.39, 0.29) is 10.6 Å². The van der Waals surface area contributed by atoms with Gasteiger partial charge in [-0.2, -0.15) is 0 Å². The minimum absolute atomic E-state index is 0.0248. The molecule has 1 aliphatic heterocycles. The van der Waals surface area contributed by atoms with Crippen molar-refractivity contribution in [3.8, 4) is 0 Å². The van der Waals surface area contributed by atoms with Crippen LogP contribution >= 0.6 is 0 Å². The summed E-state index contributed by atoms with van der Waals surface area (Å²) in [4.78, 5) is 2.28. The molecule has 1 atom stereocenters. The molecule has 112 valence electrons. The summed E-state index contributed by atoms with van der Waals surface area (Å²) in [5.41, 5.74) is 6.70. The molecule has 0 radical (unpaired) electrons. The number of sulfonamides is 1. The molecular weight excluding hydrogens is 276 g/mol. The van der Waals surface area contributed by atoms with Crippen molar-refractivity contribution in [2.24, 2.45) is 11.1 Å². The number of benzene rings is 1. The highest BCUT2D eigenvalue weighted by Crippen LogP contribution is 2.26. The maximum atomic E-state index is 11.4. The van der Waals surface area contributed by atoms with E-state index < -0.39 is 10.0 Å². The average Bonchev–Trinajstić information content (AvgIpc) is 2.36. The van der Waals surface area contributed by atoms with E-state index in [9.17, 15) is 8.42 Å². The van der Waals surface area contributed by atoms with Crippen LogP contribution in [0.5, 0.6) is 0 Å². The van der Waals surface area contributed by atoms with Gasteiger partial charge in [0.25, 0.3) is 0 Å². The summed E-state index contributed by atoms with van der Waals surface area (Å²) < 4.78 is 22.8. The molecule has 2 rings (SSSR count). The van der Waals surface area contributed by atoms with Gasteiger partial charge in [-0.05, 0) is 44.5 Å². The van der Waals surface area contributed by atoms with Crippen molar-refractivity contribution in [2.45, 2.75) is 17.7 Å². The third-order valence-electron chi connectivity index (χ3n) is 3.68. The molecule has 6 nitrogen and oxygen atoms in total. The van der Waals surface area contributed by atoms with Gasteiger partial charge in [-0.3, -0.25) is 0 Å². The Morgan fingerprint density at radius 2 is 2.20 bits per heavy atom. The number of rotatable bonds is 4. The Labute approximate surface area is 120 Å². The molecule has 1 saturated heterocycles. The molecule has 0 aromatic heterocycles. The molecule has 0 saturated carbocycles. The summed E-state index contributed by atoms with van der Waals surface area (Å²) in [5.74, 6) is 0.547. The molecule has 1 fully saturated rings. The number of likely N-dealkylation sites (tertiary alicyclic amines) is 1. The highest BCUT2D eigenvalue weighted by molar-refractivity contribution is 7.89. The summed E-state index contributed by atoms with van der Waals surface area (Å²) in [5, 5.41) is 8.39. The topological polar surface area (TPSA) is 101 Å². The number of nitrogens with two attached hydrogens (primary N) is 2. The van der Waals surface area contributed by atoms with E-state index in [2.05, 4.69) is 17.3 Å². The van der Waals surface area contributed by atoms with E-state index in [1.807, 2.05) is 0 Å². The van der Waals surface area contributed by atoms with Crippen LogP contribution in [0.25, 0.3) is 0 Å². The fourth-order valence-electron chi connectivity index (χ4n) is 2.64. The van der Waals surface area contributed by atoms with Crippen molar-refractivity contribution in [1.29, 1.82) is 0 Å². The van der Waals surface area contributed by atoms with Crippen molar-refractivity contribution in [3.05, 3.63) is 18.2 Å². The number of para-hydroxylation sites is 1. The Morgan fingerprint density at radius 1 is 1.45 bits per heavy atom. The molecule has 0 amide bonds. The molecule has 7 heteroatoms. The summed E-state index contributed by atoms with van der Waals surface area (Å²) >= 11 is 0. The monoisotopic (exact) mass is 298 g/mol. The molecule has 0 bridgehead atoms. The maximum Gasteiger partial charge on any atom is 0.240 e. The Hall–Kier alpha value is -1.31. The van der Waals surface area contributed by atoms with Crippen LogP contribution in [0.3, 0.4) is 0 Å². The van der Waals surface area contributed by atoms with Gasteiger partial charge in [0.15, 0.2) is 0 Å². The van der Waals surface area contributed by atoms with E-state index in [1.165, 1.54) is 18.9 Å². The highest BCUT2D eigenvalue weighted by atomic mass is 32.2. The number of hydrogen-bond donors (Lipinski definition) is 3. The van der Waals surface area contributed by atoms with Gasteiger partial charge in [-0.25, -0.2) is 13.6 Å². The van der Waals surface area contributed by atoms with E-state index in [1.54, 1.807) is 12.1 Å². The van der Waals surface area contributed by atoms with Gasteiger partial charge in [0.2, 0.25) is 10.0 Å². The molecule has 1 unspecified atom stereocenters. The lowest BCUT2D eigenvalue weighted by Gasteiger charge is -2.30. The standard InChI is InChI=1S/C13H22N4O2S/c1-17-7-3-4-10(9-17)8-16-11-5-2-6-12(13(11)14)20(15,18)19/h2,5-6,10,16H,3-4,7-9,14H2,1H3,(H2,15,18,19). The molecule has 5 N–H and O–H groups in total. The molecule has 20 heavy (non-hydrogen) atoms. The predicted molar refractivity (Wildman–Crippen MR) is 80.9 cm³/mol. The van der Waals surface area contributed by atoms with Crippen LogP contribution in [0, 0.1) is 5.92 Å². The maximum absolute atomic E-state index is 11.4. The molecule has 1 aromatic carbocycles. The third-order valence-corrected chi connectivity index (χ3v) is 4.64. The summed E-state index contributed by atoms with van der Waals surface area (Å²) in [6, 6.07) is 4.84. The van der Waals surface area contributed by atoms with Gasteiger partial charge in [-0.1, -0.05) is 6.07 Å². The zero-order valence-electron chi connectivity index (χ0n) is 11.7. The summed E-state index contributed by atoms with van der Waals surface area (Å²) in [6.07, 6.45) is 2.36. The lowest BCUT2D eigenvalue weighted by atomic mass is 9.98. The summed E-state index contributed by atoms with van der Waals surface area (Å²) in [7, 11) is -1.67. The van der Waals surface area contributed by atoms with E-state index in [4.69, 9.17) is 10.9 Å². The van der Waals surface area contributed by atoms with Crippen LogP contribution in [-0.4, -0.2) is 40.0 Å². The summed E-state index contributed by atoms with van der Waals surface area (Å²) in [6.45, 7) is 2.96. The molecule has 0 spiro atoms. The minimum atomic E-state index is -3.78. The van der Waals surface area contributed by atoms with Gasteiger partial charge in [0.05, 0.1) is 11.4 Å². The Kier molecular flexibility index (Phi) is 4.52. The first-order valence-electron chi connectivity index (χ1n) is 6.71. The van der Waals surface area contributed by atoms with Crippen LogP contribution in [0.2, 0.25) is 0 Å². The Morgan fingerprint density at radius 3 is 2.85 bits per heavy atom. The molecule has 0 aliphatic carbocycles. The number of nitrogens with one attached hydrogen (secondary N) is 1. The zero-order chi connectivity index (χ0) is 14.8. The first kappa shape index (κ1) is 15.1. The Balaban J connectivity index is 2.07. The molecule has 1 aromatic rings. The van der Waals surface area contributed by atoms with Gasteiger partial charge in [0, 0.05) is 13.1 Å². The Bertz CT molecular complexity index is 574. The second kappa shape index (κ2) is 5.99. The smallest absolute Gasteiger partial charge is 0.240 e. The van der Waals surface area contributed by atoms with Crippen molar-refractivity contribution in [2.75, 3.05) is 37.7 Å².